The van der Waals surface area contributed by atoms with Gasteiger partial charge >= 0.3 is 5.97 Å². The van der Waals surface area contributed by atoms with Gasteiger partial charge in [-0.2, -0.15) is 0 Å². The number of aromatic nitrogens is 1. The summed E-state index contributed by atoms with van der Waals surface area (Å²) in [5, 5.41) is 27.9. The largest absolute Gasteiger partial charge is 0.480 e. The van der Waals surface area contributed by atoms with E-state index >= 15 is 0 Å². The Bertz CT molecular complexity index is 2250. The molecule has 0 unspecified atom stereocenters. The first-order valence-electron chi connectivity index (χ1n) is 23.9. The molecule has 6 amide bonds. The van der Waals surface area contributed by atoms with Crippen molar-refractivity contribution < 1.29 is 38.7 Å². The summed E-state index contributed by atoms with van der Waals surface area (Å²) in [5.74, 6) is -6.43. The predicted molar refractivity (Wildman–Crippen MR) is 263 cm³/mol. The Labute approximate surface area is 400 Å². The number of unbranched alkanes of at least 4 members (excludes halogenated alkanes) is 1. The minimum Gasteiger partial charge on any atom is -0.480 e. The lowest BCUT2D eigenvalue weighted by molar-refractivity contribution is -0.142. The zero-order valence-electron chi connectivity index (χ0n) is 40.5. The second-order valence-electron chi connectivity index (χ2n) is 18.2. The van der Waals surface area contributed by atoms with Gasteiger partial charge in [0.2, 0.25) is 35.4 Å². The number of para-hydroxylation sites is 1. The third kappa shape index (κ3) is 15.5. The number of amides is 6. The minimum absolute atomic E-state index is 0.00540. The van der Waals surface area contributed by atoms with Crippen LogP contribution < -0.4 is 37.6 Å². The van der Waals surface area contributed by atoms with Gasteiger partial charge in [-0.15, -0.1) is 0 Å². The molecule has 368 valence electrons. The highest BCUT2D eigenvalue weighted by atomic mass is 16.4. The molecule has 0 radical (unpaired) electrons. The summed E-state index contributed by atoms with van der Waals surface area (Å²) in [6.45, 7) is 12.7. The Morgan fingerprint density at radius 1 is 0.588 bits per heavy atom. The highest BCUT2D eigenvalue weighted by Gasteiger charge is 2.38. The molecule has 0 fully saturated rings. The summed E-state index contributed by atoms with van der Waals surface area (Å²) in [7, 11) is 0. The van der Waals surface area contributed by atoms with Crippen LogP contribution in [0.3, 0.4) is 0 Å². The average Bonchev–Trinajstić information content (AvgIpc) is 3.73. The lowest BCUT2D eigenvalue weighted by Gasteiger charge is -2.31. The molecule has 1 heterocycles. The smallest absolute Gasteiger partial charge is 0.326 e. The predicted octanol–water partition coefficient (Wildman–Crippen LogP) is 4.82. The van der Waals surface area contributed by atoms with E-state index in [1.807, 2.05) is 113 Å². The Hall–Kier alpha value is -6.55. The molecule has 3 aromatic carbocycles. The Balaban J connectivity index is 1.57. The van der Waals surface area contributed by atoms with E-state index in [0.717, 1.165) is 22.0 Å². The molecular weight excluding hydrogens is 865 g/mol. The second-order valence-corrected chi connectivity index (χ2v) is 18.2. The number of carboxylic acid groups (broad SMARTS) is 1. The van der Waals surface area contributed by atoms with Crippen molar-refractivity contribution in [3.63, 3.8) is 0 Å². The van der Waals surface area contributed by atoms with Crippen molar-refractivity contribution in [2.45, 2.75) is 136 Å². The lowest BCUT2D eigenvalue weighted by atomic mass is 9.84. The molecule has 68 heavy (non-hydrogen) atoms. The van der Waals surface area contributed by atoms with Crippen molar-refractivity contribution in [2.24, 2.45) is 23.5 Å². The number of hydrogen-bond acceptors (Lipinski definition) is 8. The van der Waals surface area contributed by atoms with E-state index in [1.165, 1.54) is 6.92 Å². The van der Waals surface area contributed by atoms with Crippen LogP contribution in [0.1, 0.15) is 110 Å². The summed E-state index contributed by atoms with van der Waals surface area (Å²) >= 11 is 0. The van der Waals surface area contributed by atoms with E-state index < -0.39 is 95.4 Å². The molecule has 16 nitrogen and oxygen atoms in total. The number of fused-ring (bicyclic) bond motifs is 1. The van der Waals surface area contributed by atoms with Gasteiger partial charge in [0, 0.05) is 36.4 Å². The minimum atomic E-state index is -1.30. The van der Waals surface area contributed by atoms with E-state index in [2.05, 4.69) is 36.9 Å². The number of carboxylic acids is 1. The highest BCUT2D eigenvalue weighted by Crippen LogP contribution is 2.29. The number of carbonyl (C=O) groups is 7. The molecule has 4 rings (SSSR count). The van der Waals surface area contributed by atoms with Crippen LogP contribution in [0.2, 0.25) is 0 Å². The quantitative estimate of drug-likeness (QED) is 0.0371. The number of aliphatic carboxylic acids is 1. The standard InChI is InChI=1S/C52H72N8O8/c1-8-32(5)44(49(64)58-42(52(67)68)29-37-30-54-39-25-17-16-24-38(37)39)60-50(65)45(33(6)9-2)59-47(62)40(26-18-19-27-53)56-48(63)41(28-31(3)4)57-51(66)46(55-34(7)61)43(35-20-12-10-13-21-35)36-22-14-11-15-23-36/h10-17,20-25,30-33,40-46,54H,8-9,18-19,26-29,53H2,1-7H3,(H,55,61)(H,56,63)(H,57,66)(H,58,64)(H,59,62)(H,60,65)(H,67,68)/t32-,33-,40-,41-,42-,44-,45-,46-/m0/s1. The van der Waals surface area contributed by atoms with Crippen molar-refractivity contribution in [2.75, 3.05) is 6.54 Å². The van der Waals surface area contributed by atoms with E-state index in [4.69, 9.17) is 5.73 Å². The number of benzene rings is 3. The number of aromatic amines is 1. The van der Waals surface area contributed by atoms with Gasteiger partial charge in [-0.25, -0.2) is 4.79 Å². The molecule has 0 bridgehead atoms. The number of carbonyl (C=O) groups excluding carboxylic acids is 6. The van der Waals surface area contributed by atoms with Crippen molar-refractivity contribution >= 4 is 52.3 Å². The second kappa shape index (κ2) is 26.7. The number of nitrogens with one attached hydrogen (secondary N) is 7. The fraction of sp³-hybridized carbons (Fsp3) is 0.481. The molecule has 1 aromatic heterocycles. The zero-order valence-corrected chi connectivity index (χ0v) is 40.5. The van der Waals surface area contributed by atoms with Gasteiger partial charge in [0.25, 0.3) is 0 Å². The maximum atomic E-state index is 14.4. The van der Waals surface area contributed by atoms with E-state index in [0.29, 0.717) is 37.8 Å². The summed E-state index contributed by atoms with van der Waals surface area (Å²) in [5.41, 5.74) is 8.90. The molecule has 0 aliphatic carbocycles. The first-order chi connectivity index (χ1) is 32.5. The van der Waals surface area contributed by atoms with Gasteiger partial charge in [0.05, 0.1) is 0 Å². The van der Waals surface area contributed by atoms with Gasteiger partial charge in [-0.05, 0) is 72.7 Å². The van der Waals surface area contributed by atoms with Crippen molar-refractivity contribution in [1.82, 2.24) is 36.9 Å². The van der Waals surface area contributed by atoms with Crippen LogP contribution in [0, 0.1) is 17.8 Å². The molecular formula is C52H72N8O8. The maximum absolute atomic E-state index is 14.4. The maximum Gasteiger partial charge on any atom is 0.326 e. The fourth-order valence-corrected chi connectivity index (χ4v) is 8.30. The van der Waals surface area contributed by atoms with Crippen LogP contribution in [-0.4, -0.2) is 94.3 Å². The number of H-pyrrole nitrogens is 1. The summed E-state index contributed by atoms with van der Waals surface area (Å²) in [6, 6.07) is 19.0. The third-order valence-electron chi connectivity index (χ3n) is 12.5. The van der Waals surface area contributed by atoms with Crippen LogP contribution in [0.25, 0.3) is 10.9 Å². The van der Waals surface area contributed by atoms with E-state index in [9.17, 15) is 38.7 Å². The molecule has 0 aliphatic heterocycles. The van der Waals surface area contributed by atoms with Gasteiger partial charge in [0.1, 0.15) is 36.3 Å². The molecule has 0 spiro atoms. The number of rotatable bonds is 27. The van der Waals surface area contributed by atoms with Gasteiger partial charge in [-0.3, -0.25) is 28.8 Å². The van der Waals surface area contributed by atoms with Crippen molar-refractivity contribution in [3.05, 3.63) is 108 Å². The summed E-state index contributed by atoms with van der Waals surface area (Å²) in [4.78, 5) is 99.7. The van der Waals surface area contributed by atoms with E-state index in [1.54, 1.807) is 20.0 Å². The SMILES string of the molecule is CC[C@H](C)[C@H](NC(=O)[C@H](CCCCN)NC(=O)[C@H](CC(C)C)NC(=O)[C@@H](NC(C)=O)C(c1ccccc1)c1ccccc1)C(=O)N[C@H](C(=O)N[C@@H](Cc1c[nH]c2ccccc12)C(=O)O)[C@@H](C)CC. The Morgan fingerprint density at radius 3 is 1.60 bits per heavy atom. The molecule has 0 saturated heterocycles. The van der Waals surface area contributed by atoms with Crippen molar-refractivity contribution in [1.29, 1.82) is 0 Å². The molecule has 8 atom stereocenters. The van der Waals surface area contributed by atoms with E-state index in [-0.39, 0.29) is 25.2 Å². The third-order valence-corrected chi connectivity index (χ3v) is 12.5. The Morgan fingerprint density at radius 2 is 1.07 bits per heavy atom. The first kappa shape index (κ1) is 54.1. The molecule has 0 aliphatic rings. The van der Waals surface area contributed by atoms with Crippen LogP contribution in [0.4, 0.5) is 0 Å². The normalized spacial score (nSPS) is 14.9. The Kier molecular flexibility index (Phi) is 21.2. The molecule has 16 heteroatoms. The van der Waals surface area contributed by atoms with Crippen molar-refractivity contribution in [3.8, 4) is 0 Å². The zero-order chi connectivity index (χ0) is 49.9. The molecule has 4 aromatic rings. The summed E-state index contributed by atoms with van der Waals surface area (Å²) < 4.78 is 0. The fourth-order valence-electron chi connectivity index (χ4n) is 8.30. The molecule has 0 saturated carbocycles. The highest BCUT2D eigenvalue weighted by molar-refractivity contribution is 5.97. The molecule has 10 N–H and O–H groups in total. The first-order valence-corrected chi connectivity index (χ1v) is 23.9. The van der Waals surface area contributed by atoms with Crippen LogP contribution in [0.15, 0.2) is 91.1 Å². The van der Waals surface area contributed by atoms with Gasteiger partial charge in [-0.1, -0.05) is 133 Å². The number of hydrogen-bond donors (Lipinski definition) is 9. The number of nitrogens with two attached hydrogens (primary N) is 1. The average molecular weight is 937 g/mol. The van der Waals surface area contributed by atoms with Gasteiger partial charge in [0.15, 0.2) is 0 Å². The monoisotopic (exact) mass is 937 g/mol. The van der Waals surface area contributed by atoms with Crippen LogP contribution >= 0.6 is 0 Å². The van der Waals surface area contributed by atoms with Crippen LogP contribution in [-0.2, 0) is 40.0 Å². The summed E-state index contributed by atoms with van der Waals surface area (Å²) in [6.07, 6.45) is 3.99. The lowest BCUT2D eigenvalue weighted by Crippen LogP contribution is -2.61. The topological polar surface area (TPSA) is 254 Å². The van der Waals surface area contributed by atoms with Gasteiger partial charge < -0.3 is 47.7 Å². The van der Waals surface area contributed by atoms with Crippen LogP contribution in [0.5, 0.6) is 0 Å².